The van der Waals surface area contributed by atoms with Crippen molar-refractivity contribution in [2.75, 3.05) is 5.75 Å². The van der Waals surface area contributed by atoms with Crippen LogP contribution in [0.3, 0.4) is 0 Å². The smallest absolute Gasteiger partial charge is 0.286 e. The number of halogens is 1. The van der Waals surface area contributed by atoms with Gasteiger partial charge in [0.15, 0.2) is 5.82 Å². The molecule has 1 aliphatic rings. The Balaban J connectivity index is 2.02. The first kappa shape index (κ1) is 14.7. The van der Waals surface area contributed by atoms with E-state index in [1.807, 2.05) is 11.4 Å². The maximum absolute atomic E-state index is 12.5. The fourth-order valence-corrected chi connectivity index (χ4v) is 4.67. The lowest BCUT2D eigenvalue weighted by Gasteiger charge is -2.11. The van der Waals surface area contributed by atoms with E-state index in [0.29, 0.717) is 23.1 Å². The van der Waals surface area contributed by atoms with Crippen LogP contribution in [0.5, 0.6) is 0 Å². The summed E-state index contributed by atoms with van der Waals surface area (Å²) in [5.41, 5.74) is 0.218. The van der Waals surface area contributed by atoms with E-state index in [2.05, 4.69) is 5.10 Å². The van der Waals surface area contributed by atoms with Crippen molar-refractivity contribution in [3.8, 4) is 17.1 Å². The third kappa shape index (κ3) is 2.45. The van der Waals surface area contributed by atoms with Gasteiger partial charge in [-0.3, -0.25) is 14.2 Å². The minimum atomic E-state index is -0.653. The molecule has 1 aromatic carbocycles. The summed E-state index contributed by atoms with van der Waals surface area (Å²) in [4.78, 5) is 24.9. The highest BCUT2D eigenvalue weighted by Gasteiger charge is 2.21. The van der Waals surface area contributed by atoms with Crippen molar-refractivity contribution >= 4 is 34.7 Å². The fourth-order valence-electron chi connectivity index (χ4n) is 2.46. The van der Waals surface area contributed by atoms with Gasteiger partial charge >= 0.3 is 11.1 Å². The lowest BCUT2D eigenvalue weighted by Crippen LogP contribution is -2.43. The average Bonchev–Trinajstić information content (AvgIpc) is 2.94. The van der Waals surface area contributed by atoms with Crippen molar-refractivity contribution in [3.05, 3.63) is 61.4 Å². The first-order valence-electron chi connectivity index (χ1n) is 6.86. The average molecular weight is 364 g/mol. The van der Waals surface area contributed by atoms with Crippen molar-refractivity contribution in [1.29, 1.82) is 0 Å². The molecule has 4 rings (SSSR count). The molecule has 1 aliphatic heterocycles. The summed E-state index contributed by atoms with van der Waals surface area (Å²) in [6, 6.07) is 8.62. The number of fused-ring (bicyclic) bond motifs is 3. The summed E-state index contributed by atoms with van der Waals surface area (Å²) in [6.45, 7) is 0.476. The highest BCUT2D eigenvalue weighted by atomic mass is 35.5. The molecule has 3 aromatic rings. The number of hydrogen-bond acceptors (Lipinski definition) is 5. The molecule has 0 spiro atoms. The highest BCUT2D eigenvalue weighted by Crippen LogP contribution is 2.37. The zero-order valence-electron chi connectivity index (χ0n) is 11.7. The third-order valence-electron chi connectivity index (χ3n) is 3.56. The summed E-state index contributed by atoms with van der Waals surface area (Å²) in [7, 11) is 0. The van der Waals surface area contributed by atoms with E-state index in [1.165, 1.54) is 4.57 Å². The molecule has 0 amide bonds. The zero-order chi connectivity index (χ0) is 16.0. The van der Waals surface area contributed by atoms with Crippen molar-refractivity contribution in [3.63, 3.8) is 0 Å². The second-order valence-corrected chi connectivity index (χ2v) is 7.66. The topological polar surface area (TPSA) is 56.9 Å². The zero-order valence-corrected chi connectivity index (χ0v) is 14.1. The van der Waals surface area contributed by atoms with Gasteiger partial charge in [0.2, 0.25) is 0 Å². The van der Waals surface area contributed by atoms with Crippen LogP contribution in [-0.4, -0.2) is 20.1 Å². The lowest BCUT2D eigenvalue weighted by atomic mass is 10.3. The molecule has 0 N–H and O–H groups in total. The van der Waals surface area contributed by atoms with Gasteiger partial charge in [-0.15, -0.1) is 28.2 Å². The molecule has 0 fully saturated rings. The fraction of sp³-hybridized carbons (Fsp3) is 0.133. The van der Waals surface area contributed by atoms with Gasteiger partial charge in [0.05, 0.1) is 9.90 Å². The van der Waals surface area contributed by atoms with Crippen molar-refractivity contribution in [2.24, 2.45) is 0 Å². The van der Waals surface area contributed by atoms with E-state index < -0.39 is 11.1 Å². The molecule has 0 saturated carbocycles. The standard InChI is InChI=1S/C15H10ClN3O2S2/c16-9-1-3-10(4-2-9)19-14(21)13(20)18-6-8-23-15-11(5-7-22-15)12(18)17-19/h1-5,7H,6,8H2. The number of aromatic nitrogens is 3. The van der Waals surface area contributed by atoms with Gasteiger partial charge in [0.25, 0.3) is 0 Å². The van der Waals surface area contributed by atoms with Gasteiger partial charge in [-0.25, -0.2) is 0 Å². The Bertz CT molecular complexity index is 1000. The summed E-state index contributed by atoms with van der Waals surface area (Å²) in [5, 5.41) is 6.99. The Morgan fingerprint density at radius 3 is 2.65 bits per heavy atom. The number of thioether (sulfide) groups is 1. The number of benzene rings is 1. The first-order chi connectivity index (χ1) is 11.1. The van der Waals surface area contributed by atoms with Crippen LogP contribution < -0.4 is 11.1 Å². The van der Waals surface area contributed by atoms with Crippen LogP contribution in [0.4, 0.5) is 0 Å². The van der Waals surface area contributed by atoms with Crippen LogP contribution in [0.15, 0.2) is 49.5 Å². The Morgan fingerprint density at radius 1 is 1.09 bits per heavy atom. The first-order valence-corrected chi connectivity index (χ1v) is 9.10. The quantitative estimate of drug-likeness (QED) is 0.624. The minimum absolute atomic E-state index is 0.476. The van der Waals surface area contributed by atoms with Crippen molar-refractivity contribution in [1.82, 2.24) is 14.3 Å². The summed E-state index contributed by atoms with van der Waals surface area (Å²) >= 11 is 9.18. The molecule has 5 nitrogen and oxygen atoms in total. The number of hydrogen-bond donors (Lipinski definition) is 0. The van der Waals surface area contributed by atoms with Gasteiger partial charge in [-0.2, -0.15) is 4.68 Å². The molecule has 116 valence electrons. The van der Waals surface area contributed by atoms with Gasteiger partial charge < -0.3 is 0 Å². The SMILES string of the molecule is O=c1c(=O)n2c(nn1-c1ccc(Cl)cc1)-c1ccsc1SCC2. The number of thiophene rings is 1. The van der Waals surface area contributed by atoms with Crippen LogP contribution in [0.1, 0.15) is 0 Å². The van der Waals surface area contributed by atoms with E-state index in [0.717, 1.165) is 20.2 Å². The molecular formula is C15H10ClN3O2S2. The normalized spacial score (nSPS) is 13.3. The Labute approximate surface area is 144 Å². The molecule has 0 aliphatic carbocycles. The van der Waals surface area contributed by atoms with E-state index in [9.17, 15) is 9.59 Å². The van der Waals surface area contributed by atoms with Gasteiger partial charge in [0, 0.05) is 22.9 Å². The summed E-state index contributed by atoms with van der Waals surface area (Å²) in [6.07, 6.45) is 0. The van der Waals surface area contributed by atoms with Crippen molar-refractivity contribution in [2.45, 2.75) is 10.8 Å². The van der Waals surface area contributed by atoms with Crippen LogP contribution in [0, 0.1) is 0 Å². The van der Waals surface area contributed by atoms with Crippen LogP contribution >= 0.6 is 34.7 Å². The summed E-state index contributed by atoms with van der Waals surface area (Å²) < 4.78 is 3.74. The molecule has 0 atom stereocenters. The van der Waals surface area contributed by atoms with Gasteiger partial charge in [0.1, 0.15) is 0 Å². The molecule has 0 bridgehead atoms. The second-order valence-electron chi connectivity index (χ2n) is 4.94. The van der Waals surface area contributed by atoms with Crippen LogP contribution in [0.2, 0.25) is 5.02 Å². The molecule has 23 heavy (non-hydrogen) atoms. The molecule has 0 saturated heterocycles. The van der Waals surface area contributed by atoms with Gasteiger partial charge in [-0.1, -0.05) is 11.6 Å². The lowest BCUT2D eigenvalue weighted by molar-refractivity contribution is 0.650. The maximum atomic E-state index is 12.5. The maximum Gasteiger partial charge on any atom is 0.337 e. The third-order valence-corrected chi connectivity index (χ3v) is 6.03. The molecule has 0 radical (unpaired) electrons. The number of nitrogens with zero attached hydrogens (tertiary/aromatic N) is 3. The van der Waals surface area contributed by atoms with Gasteiger partial charge in [-0.05, 0) is 35.7 Å². The number of rotatable bonds is 1. The van der Waals surface area contributed by atoms with E-state index >= 15 is 0 Å². The Kier molecular flexibility index (Phi) is 3.63. The monoisotopic (exact) mass is 363 g/mol. The minimum Gasteiger partial charge on any atom is -0.286 e. The molecule has 2 aromatic heterocycles. The predicted octanol–water partition coefficient (Wildman–Crippen LogP) is 2.88. The predicted molar refractivity (Wildman–Crippen MR) is 93.1 cm³/mol. The summed E-state index contributed by atoms with van der Waals surface area (Å²) in [5.74, 6) is 1.28. The van der Waals surface area contributed by atoms with Crippen molar-refractivity contribution < 1.29 is 0 Å². The molecular weight excluding hydrogens is 354 g/mol. The van der Waals surface area contributed by atoms with Crippen LogP contribution in [-0.2, 0) is 6.54 Å². The van der Waals surface area contributed by atoms with Crippen LogP contribution in [0.25, 0.3) is 17.1 Å². The molecule has 8 heteroatoms. The molecule has 0 unspecified atom stereocenters. The second kappa shape index (κ2) is 5.67. The highest BCUT2D eigenvalue weighted by molar-refractivity contribution is 8.01. The Morgan fingerprint density at radius 2 is 1.87 bits per heavy atom. The molecule has 3 heterocycles. The van der Waals surface area contributed by atoms with E-state index in [-0.39, 0.29) is 0 Å². The van der Waals surface area contributed by atoms with E-state index in [1.54, 1.807) is 47.4 Å². The largest absolute Gasteiger partial charge is 0.337 e. The van der Waals surface area contributed by atoms with E-state index in [4.69, 9.17) is 11.6 Å². The Hall–Kier alpha value is -1.83.